The van der Waals surface area contributed by atoms with Crippen LogP contribution in [-0.2, 0) is 9.47 Å². The maximum atomic E-state index is 11.1. The first-order chi connectivity index (χ1) is 9.41. The van der Waals surface area contributed by atoms with Gasteiger partial charge in [-0.2, -0.15) is 0 Å². The van der Waals surface area contributed by atoms with Gasteiger partial charge in [0, 0.05) is 0 Å². The topological polar surface area (TPSA) is 82.9 Å². The van der Waals surface area contributed by atoms with E-state index in [1.165, 1.54) is 13.2 Å². The maximum Gasteiger partial charge on any atom is 0.296 e. The Morgan fingerprint density at radius 1 is 1.40 bits per heavy atom. The molecule has 0 amide bonds. The Kier molecular flexibility index (Phi) is 4.10. The number of nitro benzene ring substituents is 1. The monoisotopic (exact) mass is 282 g/mol. The molecular formula is C13H18N2O5. The summed E-state index contributed by atoms with van der Waals surface area (Å²) >= 11 is 0. The second-order valence-corrected chi connectivity index (χ2v) is 5.00. The number of hydrogen-bond donors (Lipinski definition) is 1. The molecule has 0 bridgehead atoms. The molecule has 0 spiro atoms. The van der Waals surface area contributed by atoms with Gasteiger partial charge in [-0.15, -0.1) is 0 Å². The molecule has 1 heterocycles. The molecule has 1 fully saturated rings. The van der Waals surface area contributed by atoms with Crippen LogP contribution >= 0.6 is 0 Å². The lowest BCUT2D eigenvalue weighted by Crippen LogP contribution is -2.45. The van der Waals surface area contributed by atoms with Gasteiger partial charge >= 0.3 is 0 Å². The van der Waals surface area contributed by atoms with E-state index in [4.69, 9.17) is 14.2 Å². The van der Waals surface area contributed by atoms with Crippen molar-refractivity contribution in [2.75, 3.05) is 25.6 Å². The Balaban J connectivity index is 2.11. The Bertz CT molecular complexity index is 494. The number of ether oxygens (including phenoxy) is 3. The Morgan fingerprint density at radius 2 is 2.05 bits per heavy atom. The number of nitro groups is 1. The summed E-state index contributed by atoms with van der Waals surface area (Å²) in [5, 5.41) is 14.2. The van der Waals surface area contributed by atoms with Crippen LogP contribution in [0.25, 0.3) is 0 Å². The zero-order valence-corrected chi connectivity index (χ0v) is 11.7. The summed E-state index contributed by atoms with van der Waals surface area (Å²) < 4.78 is 16.0. The van der Waals surface area contributed by atoms with Crippen LogP contribution in [0, 0.1) is 10.1 Å². The third kappa shape index (κ3) is 3.37. The third-order valence-electron chi connectivity index (χ3n) is 3.03. The molecule has 7 heteroatoms. The van der Waals surface area contributed by atoms with Crippen molar-refractivity contribution in [1.29, 1.82) is 0 Å². The normalized spacial score (nSPS) is 18.6. The average Bonchev–Trinajstić information content (AvgIpc) is 2.41. The molecule has 110 valence electrons. The van der Waals surface area contributed by atoms with Gasteiger partial charge in [-0.25, -0.2) is 0 Å². The lowest BCUT2D eigenvalue weighted by molar-refractivity contribution is -0.384. The minimum Gasteiger partial charge on any atom is -0.496 e. The van der Waals surface area contributed by atoms with Crippen molar-refractivity contribution in [2.24, 2.45) is 0 Å². The predicted molar refractivity (Wildman–Crippen MR) is 73.0 cm³/mol. The highest BCUT2D eigenvalue weighted by Crippen LogP contribution is 2.30. The maximum absolute atomic E-state index is 11.1. The Labute approximate surface area is 117 Å². The summed E-state index contributed by atoms with van der Waals surface area (Å²) in [6.45, 7) is 4.52. The van der Waals surface area contributed by atoms with Gasteiger partial charge in [-0.3, -0.25) is 10.1 Å². The fraction of sp³-hybridized carbons (Fsp3) is 0.538. The number of benzene rings is 1. The van der Waals surface area contributed by atoms with Crippen LogP contribution in [0.4, 0.5) is 11.4 Å². The Hall–Kier alpha value is -1.86. The van der Waals surface area contributed by atoms with Crippen LogP contribution in [0.2, 0.25) is 0 Å². The van der Waals surface area contributed by atoms with Gasteiger partial charge in [0.1, 0.15) is 11.4 Å². The van der Waals surface area contributed by atoms with E-state index < -0.39 is 10.7 Å². The third-order valence-corrected chi connectivity index (χ3v) is 3.03. The minimum atomic E-state index is -0.607. The van der Waals surface area contributed by atoms with Crippen LogP contribution in [0.5, 0.6) is 5.75 Å². The summed E-state index contributed by atoms with van der Waals surface area (Å²) in [5.41, 5.74) is 0.391. The van der Waals surface area contributed by atoms with Gasteiger partial charge in [0.15, 0.2) is 5.79 Å². The fourth-order valence-corrected chi connectivity index (χ4v) is 1.91. The molecule has 1 N–H and O–H groups in total. The average molecular weight is 282 g/mol. The van der Waals surface area contributed by atoms with Crippen molar-refractivity contribution < 1.29 is 19.1 Å². The van der Waals surface area contributed by atoms with Crippen LogP contribution in [0.15, 0.2) is 18.2 Å². The van der Waals surface area contributed by atoms with E-state index in [2.05, 4.69) is 5.32 Å². The number of rotatable bonds is 4. The van der Waals surface area contributed by atoms with Crippen LogP contribution in [0.3, 0.4) is 0 Å². The summed E-state index contributed by atoms with van der Waals surface area (Å²) in [4.78, 5) is 10.6. The van der Waals surface area contributed by atoms with E-state index in [0.29, 0.717) is 24.7 Å². The van der Waals surface area contributed by atoms with E-state index in [9.17, 15) is 10.1 Å². The first-order valence-electron chi connectivity index (χ1n) is 6.28. The molecule has 0 saturated carbocycles. The quantitative estimate of drug-likeness (QED) is 0.673. The van der Waals surface area contributed by atoms with Crippen LogP contribution < -0.4 is 10.1 Å². The predicted octanol–water partition coefficient (Wildman–Crippen LogP) is 2.17. The lowest BCUT2D eigenvalue weighted by atomic mass is 10.2. The molecule has 0 aromatic heterocycles. The van der Waals surface area contributed by atoms with Crippen molar-refractivity contribution in [3.05, 3.63) is 28.3 Å². The SMILES string of the molecule is COc1ccc(NC2COC(C)(C)OC2)c([N+](=O)[O-])c1. The molecule has 1 aliphatic heterocycles. The smallest absolute Gasteiger partial charge is 0.296 e. The highest BCUT2D eigenvalue weighted by molar-refractivity contribution is 5.64. The summed E-state index contributed by atoms with van der Waals surface area (Å²) in [7, 11) is 1.47. The van der Waals surface area contributed by atoms with Gasteiger partial charge in [0.25, 0.3) is 5.69 Å². The number of methoxy groups -OCH3 is 1. The highest BCUT2D eigenvalue weighted by atomic mass is 16.7. The van der Waals surface area contributed by atoms with E-state index in [-0.39, 0.29) is 11.7 Å². The fourth-order valence-electron chi connectivity index (χ4n) is 1.91. The second kappa shape index (κ2) is 5.64. The van der Waals surface area contributed by atoms with Crippen molar-refractivity contribution >= 4 is 11.4 Å². The first kappa shape index (κ1) is 14.5. The number of anilines is 1. The summed E-state index contributed by atoms with van der Waals surface area (Å²) in [6.07, 6.45) is 0. The molecule has 1 aliphatic rings. The molecule has 20 heavy (non-hydrogen) atoms. The van der Waals surface area contributed by atoms with Crippen molar-refractivity contribution in [3.8, 4) is 5.75 Å². The molecular weight excluding hydrogens is 264 g/mol. The van der Waals surface area contributed by atoms with E-state index >= 15 is 0 Å². The number of hydrogen-bond acceptors (Lipinski definition) is 6. The number of nitrogens with one attached hydrogen (secondary N) is 1. The van der Waals surface area contributed by atoms with Crippen molar-refractivity contribution in [2.45, 2.75) is 25.7 Å². The number of nitrogens with zero attached hydrogens (tertiary/aromatic N) is 1. The molecule has 0 aliphatic carbocycles. The van der Waals surface area contributed by atoms with Gasteiger partial charge in [-0.05, 0) is 26.0 Å². The van der Waals surface area contributed by atoms with Crippen LogP contribution in [0.1, 0.15) is 13.8 Å². The molecule has 2 rings (SSSR count). The summed E-state index contributed by atoms with van der Waals surface area (Å²) in [6, 6.07) is 4.55. The van der Waals surface area contributed by atoms with Gasteiger partial charge in [-0.1, -0.05) is 0 Å². The highest BCUT2D eigenvalue weighted by Gasteiger charge is 2.29. The van der Waals surface area contributed by atoms with Crippen molar-refractivity contribution in [1.82, 2.24) is 0 Å². The molecule has 0 atom stereocenters. The standard InChI is InChI=1S/C13H18N2O5/c1-13(2)19-7-9(8-20-13)14-11-5-4-10(18-3)6-12(11)15(16)17/h4-6,9,14H,7-8H2,1-3H3. The van der Waals surface area contributed by atoms with Gasteiger partial charge in [0.2, 0.25) is 0 Å². The zero-order valence-electron chi connectivity index (χ0n) is 11.7. The zero-order chi connectivity index (χ0) is 14.8. The summed E-state index contributed by atoms with van der Waals surface area (Å²) in [5.74, 6) is -0.163. The van der Waals surface area contributed by atoms with E-state index in [0.717, 1.165) is 0 Å². The lowest BCUT2D eigenvalue weighted by Gasteiger charge is -2.35. The van der Waals surface area contributed by atoms with Gasteiger partial charge < -0.3 is 19.5 Å². The van der Waals surface area contributed by atoms with E-state index in [1.54, 1.807) is 12.1 Å². The molecule has 1 aromatic carbocycles. The minimum absolute atomic E-state index is 0.0332. The molecule has 0 radical (unpaired) electrons. The molecule has 1 aromatic rings. The largest absolute Gasteiger partial charge is 0.496 e. The van der Waals surface area contributed by atoms with Crippen molar-refractivity contribution in [3.63, 3.8) is 0 Å². The molecule has 7 nitrogen and oxygen atoms in total. The second-order valence-electron chi connectivity index (χ2n) is 5.00. The van der Waals surface area contributed by atoms with Gasteiger partial charge in [0.05, 0.1) is 37.4 Å². The Morgan fingerprint density at radius 3 is 2.60 bits per heavy atom. The molecule has 1 saturated heterocycles. The molecule has 0 unspecified atom stereocenters. The van der Waals surface area contributed by atoms with E-state index in [1.807, 2.05) is 13.8 Å². The van der Waals surface area contributed by atoms with Crippen LogP contribution in [-0.4, -0.2) is 37.1 Å². The first-order valence-corrected chi connectivity index (χ1v) is 6.28.